The molecule has 19 heavy (non-hydrogen) atoms. The Morgan fingerprint density at radius 1 is 1.21 bits per heavy atom. The lowest BCUT2D eigenvalue weighted by atomic mass is 9.91. The summed E-state index contributed by atoms with van der Waals surface area (Å²) in [6.45, 7) is 9.12. The number of hydrogen-bond acceptors (Lipinski definition) is 2. The molecule has 1 aliphatic heterocycles. The number of nitrogens with zero attached hydrogens (tertiary/aromatic N) is 1. The monoisotopic (exact) mass is 258 g/mol. The van der Waals surface area contributed by atoms with Gasteiger partial charge in [0.15, 0.2) is 0 Å². The fraction of sp³-hybridized carbons (Fsp3) is 0.647. The van der Waals surface area contributed by atoms with Gasteiger partial charge in [0.25, 0.3) is 0 Å². The van der Waals surface area contributed by atoms with Crippen LogP contribution in [-0.4, -0.2) is 30.1 Å². The highest BCUT2D eigenvalue weighted by Gasteiger charge is 2.40. The van der Waals surface area contributed by atoms with Crippen LogP contribution >= 0.6 is 0 Å². The summed E-state index contributed by atoms with van der Waals surface area (Å²) in [4.78, 5) is 2.76. The number of benzene rings is 1. The molecule has 3 rings (SSSR count). The zero-order valence-corrected chi connectivity index (χ0v) is 12.3. The van der Waals surface area contributed by atoms with Gasteiger partial charge in [0.05, 0.1) is 0 Å². The van der Waals surface area contributed by atoms with Crippen molar-refractivity contribution in [2.45, 2.75) is 51.6 Å². The van der Waals surface area contributed by atoms with Crippen molar-refractivity contribution in [2.75, 3.05) is 19.6 Å². The van der Waals surface area contributed by atoms with E-state index in [4.69, 9.17) is 0 Å². The fourth-order valence-electron chi connectivity index (χ4n) is 3.83. The van der Waals surface area contributed by atoms with Crippen LogP contribution in [0.25, 0.3) is 0 Å². The Balaban J connectivity index is 1.82. The van der Waals surface area contributed by atoms with Crippen LogP contribution in [0.4, 0.5) is 0 Å². The van der Waals surface area contributed by atoms with Gasteiger partial charge in [-0.05, 0) is 37.8 Å². The van der Waals surface area contributed by atoms with Crippen molar-refractivity contribution in [1.82, 2.24) is 10.2 Å². The molecule has 104 valence electrons. The molecule has 1 spiro atoms. The topological polar surface area (TPSA) is 15.3 Å². The minimum atomic E-state index is 0.453. The molecule has 1 heterocycles. The van der Waals surface area contributed by atoms with Crippen LogP contribution in [-0.2, 0) is 6.54 Å². The average molecular weight is 258 g/mol. The van der Waals surface area contributed by atoms with Gasteiger partial charge in [-0.2, -0.15) is 0 Å². The summed E-state index contributed by atoms with van der Waals surface area (Å²) in [5, 5.41) is 3.62. The molecule has 2 fully saturated rings. The molecule has 1 aliphatic carbocycles. The molecule has 0 amide bonds. The van der Waals surface area contributed by atoms with Crippen molar-refractivity contribution in [3.63, 3.8) is 0 Å². The number of hydrogen-bond donors (Lipinski definition) is 1. The highest BCUT2D eigenvalue weighted by Crippen LogP contribution is 2.37. The molecule has 2 nitrogen and oxygen atoms in total. The number of aryl methyl sites for hydroxylation is 2. The van der Waals surface area contributed by atoms with E-state index in [2.05, 4.69) is 42.3 Å². The first-order valence-electron chi connectivity index (χ1n) is 7.72. The van der Waals surface area contributed by atoms with Gasteiger partial charge in [-0.1, -0.05) is 36.6 Å². The molecule has 0 bridgehead atoms. The Bertz CT molecular complexity index is 447. The highest BCUT2D eigenvalue weighted by molar-refractivity contribution is 5.30. The summed E-state index contributed by atoms with van der Waals surface area (Å²) in [7, 11) is 0. The van der Waals surface area contributed by atoms with Gasteiger partial charge in [-0.25, -0.2) is 0 Å². The zero-order chi connectivity index (χ0) is 13.3. The van der Waals surface area contributed by atoms with Gasteiger partial charge in [0.1, 0.15) is 0 Å². The molecule has 0 unspecified atom stereocenters. The van der Waals surface area contributed by atoms with Gasteiger partial charge in [0, 0.05) is 31.7 Å². The molecule has 0 atom stereocenters. The van der Waals surface area contributed by atoms with Gasteiger partial charge in [-0.15, -0.1) is 0 Å². The van der Waals surface area contributed by atoms with Crippen molar-refractivity contribution in [1.29, 1.82) is 0 Å². The van der Waals surface area contributed by atoms with Crippen LogP contribution in [0, 0.1) is 13.8 Å². The second-order valence-electron chi connectivity index (χ2n) is 6.46. The third kappa shape index (κ3) is 2.56. The Labute approximate surface area is 117 Å². The van der Waals surface area contributed by atoms with E-state index in [0.717, 1.165) is 13.1 Å². The minimum Gasteiger partial charge on any atom is -0.314 e. The Kier molecular flexibility index (Phi) is 3.64. The quantitative estimate of drug-likeness (QED) is 0.877. The molecule has 1 saturated carbocycles. The summed E-state index contributed by atoms with van der Waals surface area (Å²) < 4.78 is 0. The largest absolute Gasteiger partial charge is 0.314 e. The average Bonchev–Trinajstić information content (AvgIpc) is 2.86. The zero-order valence-electron chi connectivity index (χ0n) is 12.3. The third-order valence-electron chi connectivity index (χ3n) is 5.08. The normalized spacial score (nSPS) is 23.1. The Hall–Kier alpha value is -0.860. The van der Waals surface area contributed by atoms with E-state index < -0.39 is 0 Å². The lowest BCUT2D eigenvalue weighted by Crippen LogP contribution is -2.59. The summed E-state index contributed by atoms with van der Waals surface area (Å²) in [5.74, 6) is 0. The lowest BCUT2D eigenvalue weighted by molar-refractivity contribution is 0.0571. The lowest BCUT2D eigenvalue weighted by Gasteiger charge is -2.45. The van der Waals surface area contributed by atoms with Crippen LogP contribution < -0.4 is 5.32 Å². The van der Waals surface area contributed by atoms with Crippen molar-refractivity contribution >= 4 is 0 Å². The molecule has 2 aliphatic rings. The van der Waals surface area contributed by atoms with Crippen molar-refractivity contribution in [2.24, 2.45) is 0 Å². The van der Waals surface area contributed by atoms with Crippen LogP contribution in [0.3, 0.4) is 0 Å². The predicted molar refractivity (Wildman–Crippen MR) is 80.4 cm³/mol. The summed E-state index contributed by atoms with van der Waals surface area (Å²) >= 11 is 0. The number of piperazine rings is 1. The van der Waals surface area contributed by atoms with E-state index in [-0.39, 0.29) is 0 Å². The second kappa shape index (κ2) is 5.26. The van der Waals surface area contributed by atoms with E-state index in [9.17, 15) is 0 Å². The molecule has 0 aromatic heterocycles. The molecule has 2 heteroatoms. The maximum Gasteiger partial charge on any atom is 0.0338 e. The molecule has 1 N–H and O–H groups in total. The molecule has 1 saturated heterocycles. The maximum absolute atomic E-state index is 3.62. The first kappa shape index (κ1) is 13.1. The predicted octanol–water partition coefficient (Wildman–Crippen LogP) is 3.02. The van der Waals surface area contributed by atoms with Crippen LogP contribution in [0.15, 0.2) is 18.2 Å². The molecular formula is C17H26N2. The van der Waals surface area contributed by atoms with Crippen molar-refractivity contribution < 1.29 is 0 Å². The Morgan fingerprint density at radius 2 is 2.00 bits per heavy atom. The summed E-state index contributed by atoms with van der Waals surface area (Å²) in [6.07, 6.45) is 5.58. The van der Waals surface area contributed by atoms with Gasteiger partial charge in [0.2, 0.25) is 0 Å². The van der Waals surface area contributed by atoms with Crippen molar-refractivity contribution in [3.8, 4) is 0 Å². The van der Waals surface area contributed by atoms with E-state index in [1.54, 1.807) is 0 Å². The minimum absolute atomic E-state index is 0.453. The van der Waals surface area contributed by atoms with E-state index >= 15 is 0 Å². The van der Waals surface area contributed by atoms with Crippen LogP contribution in [0.2, 0.25) is 0 Å². The number of rotatable bonds is 2. The van der Waals surface area contributed by atoms with E-state index in [1.807, 2.05) is 0 Å². The van der Waals surface area contributed by atoms with Crippen LogP contribution in [0.1, 0.15) is 42.4 Å². The molecular weight excluding hydrogens is 232 g/mol. The first-order valence-corrected chi connectivity index (χ1v) is 7.72. The Morgan fingerprint density at radius 3 is 2.79 bits per heavy atom. The molecule has 1 aromatic carbocycles. The van der Waals surface area contributed by atoms with E-state index in [0.29, 0.717) is 5.54 Å². The SMILES string of the molecule is Cc1ccc(C)c(CN2CCNCC23CCCC3)c1. The molecule has 1 aromatic rings. The second-order valence-corrected chi connectivity index (χ2v) is 6.46. The highest BCUT2D eigenvalue weighted by atomic mass is 15.3. The molecule has 0 radical (unpaired) electrons. The smallest absolute Gasteiger partial charge is 0.0338 e. The standard InChI is InChI=1S/C17H26N2/c1-14-5-6-15(2)16(11-14)12-19-10-9-18-13-17(19)7-3-4-8-17/h5-6,11,18H,3-4,7-10,12-13H2,1-2H3. The number of nitrogens with one attached hydrogen (secondary N) is 1. The summed E-state index contributed by atoms with van der Waals surface area (Å²) in [6, 6.07) is 6.87. The van der Waals surface area contributed by atoms with Gasteiger partial charge < -0.3 is 5.32 Å². The van der Waals surface area contributed by atoms with Gasteiger partial charge >= 0.3 is 0 Å². The van der Waals surface area contributed by atoms with Crippen LogP contribution in [0.5, 0.6) is 0 Å². The maximum atomic E-state index is 3.62. The first-order chi connectivity index (χ1) is 9.20. The van der Waals surface area contributed by atoms with Gasteiger partial charge in [-0.3, -0.25) is 4.90 Å². The van der Waals surface area contributed by atoms with Crippen molar-refractivity contribution in [3.05, 3.63) is 34.9 Å². The third-order valence-corrected chi connectivity index (χ3v) is 5.08. The summed E-state index contributed by atoms with van der Waals surface area (Å²) in [5.41, 5.74) is 4.80. The van der Waals surface area contributed by atoms with E-state index in [1.165, 1.54) is 55.5 Å². The fourth-order valence-corrected chi connectivity index (χ4v) is 3.83.